The molecular weight excluding hydrogens is 293 g/mol. The Morgan fingerprint density at radius 3 is 2.57 bits per heavy atom. The van der Waals surface area contributed by atoms with E-state index in [4.69, 9.17) is 5.73 Å². The lowest BCUT2D eigenvalue weighted by molar-refractivity contribution is -0.122. The lowest BCUT2D eigenvalue weighted by Gasteiger charge is -2.20. The van der Waals surface area contributed by atoms with Gasteiger partial charge in [-0.25, -0.2) is 4.39 Å². The Morgan fingerprint density at radius 1 is 1.17 bits per heavy atom. The SMILES string of the molecule is CCN(CC(=O)NCc1ccc(F)cc1)Cc1cccc(N)c1. The second-order valence-corrected chi connectivity index (χ2v) is 5.45. The van der Waals surface area contributed by atoms with Crippen LogP contribution in [0.3, 0.4) is 0 Å². The van der Waals surface area contributed by atoms with E-state index in [0.29, 0.717) is 19.6 Å². The number of likely N-dealkylation sites (N-methyl/N-ethyl adjacent to an activating group) is 1. The molecule has 0 aliphatic carbocycles. The third-order valence-corrected chi connectivity index (χ3v) is 3.57. The summed E-state index contributed by atoms with van der Waals surface area (Å²) in [6, 6.07) is 13.8. The van der Waals surface area contributed by atoms with Gasteiger partial charge in [0.25, 0.3) is 0 Å². The van der Waals surface area contributed by atoms with Crippen LogP contribution in [0, 0.1) is 5.82 Å². The van der Waals surface area contributed by atoms with Gasteiger partial charge < -0.3 is 11.1 Å². The van der Waals surface area contributed by atoms with E-state index in [9.17, 15) is 9.18 Å². The van der Waals surface area contributed by atoms with Crippen molar-refractivity contribution in [2.24, 2.45) is 0 Å². The molecule has 0 aliphatic heterocycles. The largest absolute Gasteiger partial charge is 0.399 e. The number of hydrogen-bond donors (Lipinski definition) is 2. The molecule has 122 valence electrons. The van der Waals surface area contributed by atoms with Crippen LogP contribution in [0.1, 0.15) is 18.1 Å². The van der Waals surface area contributed by atoms with Crippen molar-refractivity contribution in [2.45, 2.75) is 20.0 Å². The van der Waals surface area contributed by atoms with Gasteiger partial charge in [0, 0.05) is 18.8 Å². The van der Waals surface area contributed by atoms with Crippen molar-refractivity contribution in [3.63, 3.8) is 0 Å². The van der Waals surface area contributed by atoms with Gasteiger partial charge >= 0.3 is 0 Å². The van der Waals surface area contributed by atoms with E-state index >= 15 is 0 Å². The Labute approximate surface area is 136 Å². The summed E-state index contributed by atoms with van der Waals surface area (Å²) >= 11 is 0. The van der Waals surface area contributed by atoms with Gasteiger partial charge in [-0.05, 0) is 41.9 Å². The molecular formula is C18H22FN3O. The highest BCUT2D eigenvalue weighted by atomic mass is 19.1. The number of carbonyl (C=O) groups excluding carboxylic acids is 1. The van der Waals surface area contributed by atoms with Crippen molar-refractivity contribution in [1.82, 2.24) is 10.2 Å². The highest BCUT2D eigenvalue weighted by molar-refractivity contribution is 5.78. The van der Waals surface area contributed by atoms with Crippen LogP contribution in [0.5, 0.6) is 0 Å². The van der Waals surface area contributed by atoms with Gasteiger partial charge in [-0.2, -0.15) is 0 Å². The number of nitrogen functional groups attached to an aromatic ring is 1. The second-order valence-electron chi connectivity index (χ2n) is 5.45. The van der Waals surface area contributed by atoms with Crippen LogP contribution in [-0.2, 0) is 17.9 Å². The first-order valence-electron chi connectivity index (χ1n) is 7.64. The van der Waals surface area contributed by atoms with E-state index in [1.165, 1.54) is 12.1 Å². The number of amides is 1. The van der Waals surface area contributed by atoms with Crippen LogP contribution in [0.25, 0.3) is 0 Å². The Kier molecular flexibility index (Phi) is 6.11. The van der Waals surface area contributed by atoms with Gasteiger partial charge in [-0.15, -0.1) is 0 Å². The molecule has 0 bridgehead atoms. The lowest BCUT2D eigenvalue weighted by atomic mass is 10.2. The van der Waals surface area contributed by atoms with Gasteiger partial charge in [-0.3, -0.25) is 9.69 Å². The number of benzene rings is 2. The minimum Gasteiger partial charge on any atom is -0.399 e. The molecule has 0 saturated carbocycles. The summed E-state index contributed by atoms with van der Waals surface area (Å²) in [6.07, 6.45) is 0. The minimum absolute atomic E-state index is 0.0555. The number of nitrogens with one attached hydrogen (secondary N) is 1. The van der Waals surface area contributed by atoms with Crippen molar-refractivity contribution in [1.29, 1.82) is 0 Å². The fourth-order valence-corrected chi connectivity index (χ4v) is 2.29. The van der Waals surface area contributed by atoms with Crippen molar-refractivity contribution in [3.8, 4) is 0 Å². The first kappa shape index (κ1) is 17.0. The third-order valence-electron chi connectivity index (χ3n) is 3.57. The summed E-state index contributed by atoms with van der Waals surface area (Å²) in [5.41, 5.74) is 8.45. The van der Waals surface area contributed by atoms with Crippen molar-refractivity contribution >= 4 is 11.6 Å². The Hall–Kier alpha value is -2.40. The highest BCUT2D eigenvalue weighted by Gasteiger charge is 2.09. The van der Waals surface area contributed by atoms with Crippen LogP contribution in [0.4, 0.5) is 10.1 Å². The highest BCUT2D eigenvalue weighted by Crippen LogP contribution is 2.09. The van der Waals surface area contributed by atoms with Gasteiger partial charge in [0.1, 0.15) is 5.82 Å². The molecule has 3 N–H and O–H groups in total. The van der Waals surface area contributed by atoms with Gasteiger partial charge in [0.2, 0.25) is 5.91 Å². The molecule has 0 unspecified atom stereocenters. The summed E-state index contributed by atoms with van der Waals surface area (Å²) in [6.45, 7) is 4.16. The fraction of sp³-hybridized carbons (Fsp3) is 0.278. The van der Waals surface area contributed by atoms with Crippen molar-refractivity contribution < 1.29 is 9.18 Å². The van der Waals surface area contributed by atoms with Gasteiger partial charge in [-0.1, -0.05) is 31.2 Å². The van der Waals surface area contributed by atoms with Crippen LogP contribution in [0.15, 0.2) is 48.5 Å². The molecule has 0 saturated heterocycles. The van der Waals surface area contributed by atoms with Crippen LogP contribution < -0.4 is 11.1 Å². The zero-order valence-electron chi connectivity index (χ0n) is 13.3. The zero-order valence-corrected chi connectivity index (χ0v) is 13.3. The molecule has 0 radical (unpaired) electrons. The quantitative estimate of drug-likeness (QED) is 0.772. The van der Waals surface area contributed by atoms with E-state index in [0.717, 1.165) is 23.4 Å². The zero-order chi connectivity index (χ0) is 16.7. The molecule has 0 heterocycles. The first-order chi connectivity index (χ1) is 11.1. The van der Waals surface area contributed by atoms with Crippen LogP contribution >= 0.6 is 0 Å². The molecule has 0 spiro atoms. The molecule has 2 aromatic rings. The van der Waals surface area contributed by atoms with Gasteiger partial charge in [0.15, 0.2) is 0 Å². The summed E-state index contributed by atoms with van der Waals surface area (Å²) in [5.74, 6) is -0.334. The summed E-state index contributed by atoms with van der Waals surface area (Å²) in [4.78, 5) is 14.1. The molecule has 0 aliphatic rings. The van der Waals surface area contributed by atoms with Crippen molar-refractivity contribution in [3.05, 3.63) is 65.5 Å². The maximum Gasteiger partial charge on any atom is 0.234 e. The first-order valence-corrected chi connectivity index (χ1v) is 7.64. The maximum atomic E-state index is 12.8. The normalized spacial score (nSPS) is 10.7. The van der Waals surface area contributed by atoms with E-state index in [1.807, 2.05) is 36.1 Å². The number of halogens is 1. The molecule has 4 nitrogen and oxygen atoms in total. The number of rotatable bonds is 7. The Morgan fingerprint density at radius 2 is 1.91 bits per heavy atom. The number of anilines is 1. The lowest BCUT2D eigenvalue weighted by Crippen LogP contribution is -2.36. The maximum absolute atomic E-state index is 12.8. The fourth-order valence-electron chi connectivity index (χ4n) is 2.29. The summed E-state index contributed by atoms with van der Waals surface area (Å²) < 4.78 is 12.8. The smallest absolute Gasteiger partial charge is 0.234 e. The van der Waals surface area contributed by atoms with Crippen molar-refractivity contribution in [2.75, 3.05) is 18.8 Å². The average molecular weight is 315 g/mol. The molecule has 0 aromatic heterocycles. The number of hydrogen-bond acceptors (Lipinski definition) is 3. The predicted molar refractivity (Wildman–Crippen MR) is 90.1 cm³/mol. The summed E-state index contributed by atoms with van der Waals surface area (Å²) in [7, 11) is 0. The average Bonchev–Trinajstić information content (AvgIpc) is 2.54. The second kappa shape index (κ2) is 8.29. The monoisotopic (exact) mass is 315 g/mol. The molecule has 2 rings (SSSR count). The number of carbonyl (C=O) groups is 1. The number of nitrogens with two attached hydrogens (primary N) is 1. The Bertz CT molecular complexity index is 643. The van der Waals surface area contributed by atoms with E-state index in [2.05, 4.69) is 5.32 Å². The standard InChI is InChI=1S/C18H22FN3O/c1-2-22(12-15-4-3-5-17(20)10-15)13-18(23)21-11-14-6-8-16(19)9-7-14/h3-10H,2,11-13,20H2,1H3,(H,21,23). The third kappa shape index (κ3) is 5.71. The molecule has 2 aromatic carbocycles. The van der Waals surface area contributed by atoms with E-state index in [-0.39, 0.29) is 11.7 Å². The molecule has 0 atom stereocenters. The molecule has 0 fully saturated rings. The van der Waals surface area contributed by atoms with Crippen LogP contribution in [-0.4, -0.2) is 23.9 Å². The predicted octanol–water partition coefficient (Wildman–Crippen LogP) is 2.55. The Balaban J connectivity index is 1.83. The van der Waals surface area contributed by atoms with Crippen LogP contribution in [0.2, 0.25) is 0 Å². The molecule has 5 heteroatoms. The molecule has 1 amide bonds. The number of nitrogens with zero attached hydrogens (tertiary/aromatic N) is 1. The molecule has 23 heavy (non-hydrogen) atoms. The topological polar surface area (TPSA) is 58.4 Å². The minimum atomic E-state index is -0.278. The summed E-state index contributed by atoms with van der Waals surface area (Å²) in [5, 5.41) is 2.85. The van der Waals surface area contributed by atoms with Gasteiger partial charge in [0.05, 0.1) is 6.54 Å². The van der Waals surface area contributed by atoms with E-state index in [1.54, 1.807) is 12.1 Å². The van der Waals surface area contributed by atoms with E-state index < -0.39 is 0 Å².